The standard InChI is InChI=1S/C51H30N4OS/c1-3-13-31(14-4-1)49-52-50(32-15-5-2-6-16-32)54-51(53-49)40-20-12-24-46-48(40)47-35(19-11-23-45(47)57-46)33-25-27-38-39-28-26-34(30-44(39)56-43(38)29-33)55-41-21-9-7-17-36(41)37-18-8-10-22-42(37)55/h1-30H. The predicted octanol–water partition coefficient (Wildman–Crippen LogP) is 13.9. The maximum absolute atomic E-state index is 6.72. The Kier molecular flexibility index (Phi) is 7.03. The van der Waals surface area contributed by atoms with Gasteiger partial charge in [-0.1, -0.05) is 127 Å². The van der Waals surface area contributed by atoms with E-state index < -0.39 is 0 Å². The molecule has 0 unspecified atom stereocenters. The minimum atomic E-state index is 0.646. The minimum Gasteiger partial charge on any atom is -0.456 e. The summed E-state index contributed by atoms with van der Waals surface area (Å²) in [5, 5.41) is 6.99. The maximum Gasteiger partial charge on any atom is 0.164 e. The quantitative estimate of drug-likeness (QED) is 0.176. The van der Waals surface area contributed by atoms with Crippen molar-refractivity contribution in [2.24, 2.45) is 0 Å². The van der Waals surface area contributed by atoms with E-state index in [-0.39, 0.29) is 0 Å². The van der Waals surface area contributed by atoms with Gasteiger partial charge in [0, 0.05) is 70.2 Å². The second kappa shape index (κ2) is 12.6. The highest BCUT2D eigenvalue weighted by Crippen LogP contribution is 2.45. The van der Waals surface area contributed by atoms with Crippen molar-refractivity contribution in [3.63, 3.8) is 0 Å². The van der Waals surface area contributed by atoms with Gasteiger partial charge in [-0.3, -0.25) is 0 Å². The molecule has 5 nitrogen and oxygen atoms in total. The van der Waals surface area contributed by atoms with Gasteiger partial charge < -0.3 is 8.98 Å². The van der Waals surface area contributed by atoms with Gasteiger partial charge in [0.15, 0.2) is 17.5 Å². The van der Waals surface area contributed by atoms with Crippen LogP contribution in [-0.2, 0) is 0 Å². The molecule has 0 N–H and O–H groups in total. The van der Waals surface area contributed by atoms with Crippen molar-refractivity contribution in [1.29, 1.82) is 0 Å². The lowest BCUT2D eigenvalue weighted by Crippen LogP contribution is -2.00. The molecule has 12 rings (SSSR count). The summed E-state index contributed by atoms with van der Waals surface area (Å²) in [4.78, 5) is 15.2. The number of thiophene rings is 1. The predicted molar refractivity (Wildman–Crippen MR) is 236 cm³/mol. The number of furan rings is 1. The highest BCUT2D eigenvalue weighted by Gasteiger charge is 2.20. The lowest BCUT2D eigenvalue weighted by Gasteiger charge is -2.10. The molecule has 266 valence electrons. The Labute approximate surface area is 330 Å². The van der Waals surface area contributed by atoms with Gasteiger partial charge in [-0.25, -0.2) is 15.0 Å². The number of fused-ring (bicyclic) bond motifs is 9. The number of hydrogen-bond donors (Lipinski definition) is 0. The zero-order valence-corrected chi connectivity index (χ0v) is 31.2. The molecule has 6 heteroatoms. The van der Waals surface area contributed by atoms with Gasteiger partial charge in [0.1, 0.15) is 11.2 Å². The summed E-state index contributed by atoms with van der Waals surface area (Å²) in [5.41, 5.74) is 10.3. The highest BCUT2D eigenvalue weighted by molar-refractivity contribution is 7.26. The Balaban J connectivity index is 1.03. The van der Waals surface area contributed by atoms with Gasteiger partial charge >= 0.3 is 0 Å². The maximum atomic E-state index is 6.72. The van der Waals surface area contributed by atoms with Crippen molar-refractivity contribution in [3.8, 4) is 51.0 Å². The zero-order valence-electron chi connectivity index (χ0n) is 30.4. The van der Waals surface area contributed by atoms with E-state index in [0.717, 1.165) is 60.8 Å². The number of aromatic nitrogens is 4. The van der Waals surface area contributed by atoms with E-state index >= 15 is 0 Å². The molecule has 12 aromatic rings. The van der Waals surface area contributed by atoms with E-state index in [1.807, 2.05) is 60.7 Å². The minimum absolute atomic E-state index is 0.646. The van der Waals surface area contributed by atoms with Crippen molar-refractivity contribution >= 4 is 75.3 Å². The van der Waals surface area contributed by atoms with Crippen molar-refractivity contribution in [1.82, 2.24) is 19.5 Å². The van der Waals surface area contributed by atoms with Gasteiger partial charge in [0.2, 0.25) is 0 Å². The number of para-hydroxylation sites is 2. The first-order chi connectivity index (χ1) is 28.2. The smallest absolute Gasteiger partial charge is 0.164 e. The largest absolute Gasteiger partial charge is 0.456 e. The number of benzene rings is 8. The van der Waals surface area contributed by atoms with E-state index in [1.54, 1.807) is 11.3 Å². The van der Waals surface area contributed by atoms with Crippen molar-refractivity contribution in [2.75, 3.05) is 0 Å². The Morgan fingerprint density at radius 2 is 0.912 bits per heavy atom. The summed E-state index contributed by atoms with van der Waals surface area (Å²) in [6, 6.07) is 63.7. The molecule has 0 saturated heterocycles. The van der Waals surface area contributed by atoms with Gasteiger partial charge in [0.05, 0.1) is 11.0 Å². The number of nitrogens with zero attached hydrogens (tertiary/aromatic N) is 4. The third-order valence-electron chi connectivity index (χ3n) is 11.1. The summed E-state index contributed by atoms with van der Waals surface area (Å²) < 4.78 is 11.4. The summed E-state index contributed by atoms with van der Waals surface area (Å²) in [6.07, 6.45) is 0. The molecule has 4 heterocycles. The van der Waals surface area contributed by atoms with Crippen LogP contribution in [0.2, 0.25) is 0 Å². The molecule has 0 aliphatic carbocycles. The molecule has 0 amide bonds. The molecule has 57 heavy (non-hydrogen) atoms. The Morgan fingerprint density at radius 1 is 0.386 bits per heavy atom. The first kappa shape index (κ1) is 31.9. The first-order valence-electron chi connectivity index (χ1n) is 19.0. The normalized spacial score (nSPS) is 11.9. The average molecular weight is 747 g/mol. The van der Waals surface area contributed by atoms with Gasteiger partial charge in [-0.2, -0.15) is 0 Å². The topological polar surface area (TPSA) is 56.7 Å². The SMILES string of the molecule is c1ccc(-c2nc(-c3ccccc3)nc(-c3cccc4sc5cccc(-c6ccc7c(c6)oc6cc(-n8c9ccccc9c9ccccc98)ccc67)c5c34)n2)cc1. The summed E-state index contributed by atoms with van der Waals surface area (Å²) >= 11 is 1.79. The van der Waals surface area contributed by atoms with Gasteiger partial charge in [-0.05, 0) is 59.7 Å². The van der Waals surface area contributed by atoms with E-state index in [4.69, 9.17) is 19.4 Å². The monoisotopic (exact) mass is 746 g/mol. The number of hydrogen-bond acceptors (Lipinski definition) is 5. The van der Waals surface area contributed by atoms with Gasteiger partial charge in [0.25, 0.3) is 0 Å². The van der Waals surface area contributed by atoms with Crippen LogP contribution in [-0.4, -0.2) is 19.5 Å². The lowest BCUT2D eigenvalue weighted by atomic mass is 9.96. The molecule has 0 bridgehead atoms. The fourth-order valence-corrected chi connectivity index (χ4v) is 9.65. The van der Waals surface area contributed by atoms with Crippen LogP contribution in [0.15, 0.2) is 186 Å². The van der Waals surface area contributed by atoms with Crippen LogP contribution in [0.25, 0.3) is 115 Å². The Morgan fingerprint density at radius 3 is 1.56 bits per heavy atom. The van der Waals surface area contributed by atoms with Crippen molar-refractivity contribution in [3.05, 3.63) is 182 Å². The van der Waals surface area contributed by atoms with Crippen LogP contribution >= 0.6 is 11.3 Å². The Bertz CT molecular complexity index is 3420. The molecule has 0 aliphatic heterocycles. The van der Waals surface area contributed by atoms with Crippen molar-refractivity contribution < 1.29 is 4.42 Å². The van der Waals surface area contributed by atoms with Crippen LogP contribution in [0.3, 0.4) is 0 Å². The summed E-state index contributed by atoms with van der Waals surface area (Å²) in [5.74, 6) is 1.94. The van der Waals surface area contributed by atoms with Crippen molar-refractivity contribution in [2.45, 2.75) is 0 Å². The van der Waals surface area contributed by atoms with E-state index in [1.165, 1.54) is 36.6 Å². The van der Waals surface area contributed by atoms with Crippen LogP contribution in [0.1, 0.15) is 0 Å². The van der Waals surface area contributed by atoms with E-state index in [2.05, 4.69) is 126 Å². The van der Waals surface area contributed by atoms with Crippen LogP contribution in [0.5, 0.6) is 0 Å². The Hall–Kier alpha value is -7.41. The van der Waals surface area contributed by atoms with Crippen LogP contribution in [0, 0.1) is 0 Å². The summed E-state index contributed by atoms with van der Waals surface area (Å²) in [6.45, 7) is 0. The average Bonchev–Trinajstić information content (AvgIpc) is 3.96. The molecular weight excluding hydrogens is 717 g/mol. The molecule has 0 radical (unpaired) electrons. The fourth-order valence-electron chi connectivity index (χ4n) is 8.50. The molecule has 0 aliphatic rings. The third-order valence-corrected chi connectivity index (χ3v) is 12.2. The summed E-state index contributed by atoms with van der Waals surface area (Å²) in [7, 11) is 0. The lowest BCUT2D eigenvalue weighted by molar-refractivity contribution is 0.669. The molecule has 8 aromatic carbocycles. The molecule has 0 atom stereocenters. The van der Waals surface area contributed by atoms with Gasteiger partial charge in [-0.15, -0.1) is 11.3 Å². The molecule has 0 saturated carbocycles. The molecular formula is C51H30N4OS. The van der Waals surface area contributed by atoms with Crippen LogP contribution < -0.4 is 0 Å². The molecule has 0 spiro atoms. The fraction of sp³-hybridized carbons (Fsp3) is 0. The second-order valence-corrected chi connectivity index (χ2v) is 15.4. The van der Waals surface area contributed by atoms with E-state index in [0.29, 0.717) is 17.5 Å². The molecule has 4 aromatic heterocycles. The number of rotatable bonds is 5. The zero-order chi connectivity index (χ0) is 37.5. The van der Waals surface area contributed by atoms with E-state index in [9.17, 15) is 0 Å². The second-order valence-electron chi connectivity index (χ2n) is 14.4. The highest BCUT2D eigenvalue weighted by atomic mass is 32.1. The first-order valence-corrected chi connectivity index (χ1v) is 19.8. The van der Waals surface area contributed by atoms with Crippen LogP contribution in [0.4, 0.5) is 0 Å². The third kappa shape index (κ3) is 5.04. The molecule has 0 fully saturated rings.